The average Bonchev–Trinajstić information content (AvgIpc) is 2.92. The minimum absolute atomic E-state index is 0.0127. The van der Waals surface area contributed by atoms with Gasteiger partial charge in [0, 0.05) is 19.6 Å². The van der Waals surface area contributed by atoms with Crippen LogP contribution in [0.5, 0.6) is 0 Å². The summed E-state index contributed by atoms with van der Waals surface area (Å²) >= 11 is 0. The molecule has 0 N–H and O–H groups in total. The van der Waals surface area contributed by atoms with Gasteiger partial charge in [-0.1, -0.05) is 0 Å². The van der Waals surface area contributed by atoms with Crippen molar-refractivity contribution in [2.45, 2.75) is 44.0 Å². The number of benzene rings is 1. The van der Waals surface area contributed by atoms with E-state index in [1.165, 1.54) is 11.4 Å². The molecule has 2 aliphatic heterocycles. The van der Waals surface area contributed by atoms with Crippen LogP contribution in [0.1, 0.15) is 30.4 Å². The van der Waals surface area contributed by atoms with Crippen LogP contribution in [0, 0.1) is 13.8 Å². The molecule has 0 spiro atoms. The predicted octanol–water partition coefficient (Wildman–Crippen LogP) is 1.04. The second kappa shape index (κ2) is 7.26. The monoisotopic (exact) mass is 450 g/mol. The molecule has 0 aromatic heterocycles. The fraction of sp³-hybridized carbons (Fsp3) is 0.647. The van der Waals surface area contributed by atoms with Crippen molar-refractivity contribution in [3.63, 3.8) is 0 Å². The van der Waals surface area contributed by atoms with Crippen molar-refractivity contribution in [2.75, 3.05) is 35.2 Å². The number of hydrogen-bond donors (Lipinski definition) is 0. The molecule has 28 heavy (non-hydrogen) atoms. The van der Waals surface area contributed by atoms with Crippen molar-refractivity contribution in [3.8, 4) is 0 Å². The van der Waals surface area contributed by atoms with Crippen molar-refractivity contribution < 1.29 is 25.3 Å². The highest BCUT2D eigenvalue weighted by Gasteiger charge is 2.38. The SMILES string of the molecule is Cc1cc(N2CCCCS2(=O)=O)cc(C)c1S(=O)(=O)N(C)[C@@H]1CCS(=O)(=O)C1. The van der Waals surface area contributed by atoms with Gasteiger partial charge in [0.15, 0.2) is 9.84 Å². The zero-order chi connectivity index (χ0) is 20.9. The number of anilines is 1. The predicted molar refractivity (Wildman–Crippen MR) is 108 cm³/mol. The highest BCUT2D eigenvalue weighted by molar-refractivity contribution is 7.93. The Morgan fingerprint density at radius 2 is 1.64 bits per heavy atom. The van der Waals surface area contributed by atoms with E-state index < -0.39 is 35.9 Å². The van der Waals surface area contributed by atoms with Gasteiger partial charge < -0.3 is 0 Å². The zero-order valence-electron chi connectivity index (χ0n) is 16.3. The van der Waals surface area contributed by atoms with Crippen LogP contribution in [0.25, 0.3) is 0 Å². The second-order valence-electron chi connectivity index (χ2n) is 7.58. The van der Waals surface area contributed by atoms with Gasteiger partial charge in [-0.3, -0.25) is 4.31 Å². The van der Waals surface area contributed by atoms with E-state index in [1.807, 2.05) is 0 Å². The minimum Gasteiger partial charge on any atom is -0.270 e. The van der Waals surface area contributed by atoms with E-state index >= 15 is 0 Å². The third-order valence-electron chi connectivity index (χ3n) is 5.44. The Morgan fingerprint density at radius 1 is 1.04 bits per heavy atom. The standard InChI is InChI=1S/C17H26N2O6S3/c1-13-10-16(19-7-4-5-8-27(19,22)23)11-14(2)17(13)28(24,25)18(3)15-6-9-26(20,21)12-15/h10-11,15H,4-9,12H2,1-3H3/t15-/m1/s1. The Bertz CT molecular complexity index is 1070. The molecule has 1 aromatic carbocycles. The largest absolute Gasteiger partial charge is 0.270 e. The van der Waals surface area contributed by atoms with Gasteiger partial charge in [0.05, 0.1) is 27.8 Å². The van der Waals surface area contributed by atoms with Crippen LogP contribution >= 0.6 is 0 Å². The first-order chi connectivity index (χ1) is 12.8. The maximum atomic E-state index is 13.2. The van der Waals surface area contributed by atoms with Crippen molar-refractivity contribution in [3.05, 3.63) is 23.3 Å². The lowest BCUT2D eigenvalue weighted by Crippen LogP contribution is -2.39. The first-order valence-electron chi connectivity index (χ1n) is 9.15. The molecule has 158 valence electrons. The molecule has 0 saturated carbocycles. The van der Waals surface area contributed by atoms with Gasteiger partial charge in [0.25, 0.3) is 0 Å². The average molecular weight is 451 g/mol. The third-order valence-corrected chi connectivity index (χ3v) is 11.3. The number of nitrogens with zero attached hydrogens (tertiary/aromatic N) is 2. The van der Waals surface area contributed by atoms with Crippen LogP contribution in [0.2, 0.25) is 0 Å². The molecule has 0 aliphatic carbocycles. The molecule has 8 nitrogen and oxygen atoms in total. The molecule has 2 fully saturated rings. The van der Waals surface area contributed by atoms with Crippen LogP contribution in [-0.2, 0) is 29.9 Å². The van der Waals surface area contributed by atoms with E-state index in [0.717, 1.165) is 10.7 Å². The molecule has 2 aliphatic rings. The maximum absolute atomic E-state index is 13.2. The number of sulfonamides is 2. The van der Waals surface area contributed by atoms with Crippen LogP contribution in [0.4, 0.5) is 5.69 Å². The highest BCUT2D eigenvalue weighted by Crippen LogP contribution is 2.33. The smallest absolute Gasteiger partial charge is 0.243 e. The van der Waals surface area contributed by atoms with E-state index in [-0.39, 0.29) is 28.6 Å². The lowest BCUT2D eigenvalue weighted by atomic mass is 10.1. The van der Waals surface area contributed by atoms with E-state index in [4.69, 9.17) is 0 Å². The number of hydrogen-bond acceptors (Lipinski definition) is 6. The number of rotatable bonds is 4. The summed E-state index contributed by atoms with van der Waals surface area (Å²) in [5.41, 5.74) is 1.37. The Balaban J connectivity index is 1.99. The van der Waals surface area contributed by atoms with Crippen LogP contribution in [0.15, 0.2) is 17.0 Å². The minimum atomic E-state index is -3.91. The topological polar surface area (TPSA) is 109 Å². The molecule has 2 saturated heterocycles. The molecule has 1 aromatic rings. The third kappa shape index (κ3) is 3.94. The van der Waals surface area contributed by atoms with Crippen LogP contribution in [-0.4, -0.2) is 66.5 Å². The summed E-state index contributed by atoms with van der Waals surface area (Å²) in [6, 6.07) is 2.58. The van der Waals surface area contributed by atoms with Gasteiger partial charge in [-0.25, -0.2) is 25.3 Å². The van der Waals surface area contributed by atoms with Gasteiger partial charge in [-0.15, -0.1) is 0 Å². The number of sulfone groups is 1. The summed E-state index contributed by atoms with van der Waals surface area (Å²) in [5, 5.41) is 0. The summed E-state index contributed by atoms with van der Waals surface area (Å²) in [5.74, 6) is -0.101. The fourth-order valence-electron chi connectivity index (χ4n) is 3.96. The van der Waals surface area contributed by atoms with E-state index in [0.29, 0.717) is 29.8 Å². The quantitative estimate of drug-likeness (QED) is 0.678. The summed E-state index contributed by atoms with van der Waals surface area (Å²) in [6.07, 6.45) is 1.66. The molecule has 3 rings (SSSR count). The normalized spacial score (nSPS) is 24.6. The van der Waals surface area contributed by atoms with E-state index in [9.17, 15) is 25.3 Å². The molecule has 2 heterocycles. The Kier molecular flexibility index (Phi) is 5.59. The molecule has 0 amide bonds. The molecule has 11 heteroatoms. The van der Waals surface area contributed by atoms with Gasteiger partial charge in [0.1, 0.15) is 0 Å². The highest BCUT2D eigenvalue weighted by atomic mass is 32.2. The summed E-state index contributed by atoms with van der Waals surface area (Å²) in [7, 11) is -9.11. The second-order valence-corrected chi connectivity index (χ2v) is 13.8. The Hall–Kier alpha value is -1.17. The fourth-order valence-corrected chi connectivity index (χ4v) is 9.24. The van der Waals surface area contributed by atoms with Crippen molar-refractivity contribution in [1.82, 2.24) is 4.31 Å². The molecule has 1 atom stereocenters. The Labute approximate surface area is 167 Å². The molecular formula is C17H26N2O6S3. The van der Waals surface area contributed by atoms with Crippen molar-refractivity contribution in [1.29, 1.82) is 0 Å². The molecule has 0 radical (unpaired) electrons. The van der Waals surface area contributed by atoms with Gasteiger partial charge in [-0.05, 0) is 56.4 Å². The molecule has 0 unspecified atom stereocenters. The zero-order valence-corrected chi connectivity index (χ0v) is 18.7. The Morgan fingerprint density at radius 3 is 2.14 bits per heavy atom. The van der Waals surface area contributed by atoms with Crippen molar-refractivity contribution in [2.24, 2.45) is 0 Å². The summed E-state index contributed by atoms with van der Waals surface area (Å²) in [4.78, 5) is 0.109. The van der Waals surface area contributed by atoms with E-state index in [1.54, 1.807) is 26.0 Å². The van der Waals surface area contributed by atoms with Crippen LogP contribution in [0.3, 0.4) is 0 Å². The van der Waals surface area contributed by atoms with E-state index in [2.05, 4.69) is 0 Å². The molecule has 0 bridgehead atoms. The van der Waals surface area contributed by atoms with Crippen LogP contribution < -0.4 is 4.31 Å². The first kappa shape index (κ1) is 21.5. The number of aryl methyl sites for hydroxylation is 2. The van der Waals surface area contributed by atoms with Crippen molar-refractivity contribution >= 4 is 35.6 Å². The van der Waals surface area contributed by atoms with Gasteiger partial charge in [0.2, 0.25) is 20.0 Å². The molecular weight excluding hydrogens is 424 g/mol. The van der Waals surface area contributed by atoms with Gasteiger partial charge >= 0.3 is 0 Å². The lowest BCUT2D eigenvalue weighted by Gasteiger charge is -2.30. The summed E-state index contributed by atoms with van der Waals surface area (Å²) < 4.78 is 77.1. The van der Waals surface area contributed by atoms with Gasteiger partial charge in [-0.2, -0.15) is 4.31 Å². The maximum Gasteiger partial charge on any atom is 0.243 e. The first-order valence-corrected chi connectivity index (χ1v) is 14.0. The lowest BCUT2D eigenvalue weighted by molar-refractivity contribution is 0.393. The summed E-state index contributed by atoms with van der Waals surface area (Å²) in [6.45, 7) is 3.66.